The first-order chi connectivity index (χ1) is 7.47. The Kier molecular flexibility index (Phi) is 6.33. The van der Waals surface area contributed by atoms with Crippen LogP contribution < -0.4 is 10.5 Å². The van der Waals surface area contributed by atoms with Crippen molar-refractivity contribution >= 4 is 28.2 Å². The molecule has 0 heterocycles. The van der Waals surface area contributed by atoms with Crippen LogP contribution in [0.15, 0.2) is 29.2 Å². The van der Waals surface area contributed by atoms with Crippen LogP contribution in [0.4, 0.5) is 0 Å². The highest BCUT2D eigenvalue weighted by atomic mass is 35.5. The zero-order valence-electron chi connectivity index (χ0n) is 9.34. The summed E-state index contributed by atoms with van der Waals surface area (Å²) in [5.74, 6) is -0.170. The van der Waals surface area contributed by atoms with Crippen molar-refractivity contribution in [3.05, 3.63) is 29.8 Å². The second-order valence-corrected chi connectivity index (χ2v) is 5.04. The number of halogens is 1. The molecule has 0 aliphatic heterocycles. The van der Waals surface area contributed by atoms with Gasteiger partial charge in [0.1, 0.15) is 0 Å². The lowest BCUT2D eigenvalue weighted by atomic mass is 10.2. The molecule has 1 aromatic rings. The summed E-state index contributed by atoms with van der Waals surface area (Å²) >= 11 is 0. The maximum absolute atomic E-state index is 11.7. The molecule has 17 heavy (non-hydrogen) atoms. The molecule has 0 amide bonds. The maximum atomic E-state index is 11.7. The van der Waals surface area contributed by atoms with Crippen molar-refractivity contribution in [1.82, 2.24) is 4.72 Å². The van der Waals surface area contributed by atoms with E-state index in [1.165, 1.54) is 25.1 Å². The van der Waals surface area contributed by atoms with Crippen molar-refractivity contribution in [3.8, 4) is 0 Å². The minimum atomic E-state index is -3.56. The summed E-state index contributed by atoms with van der Waals surface area (Å²) in [6, 6.07) is 5.89. The Balaban J connectivity index is 0.00000256. The molecule has 0 aliphatic carbocycles. The van der Waals surface area contributed by atoms with Crippen molar-refractivity contribution in [3.63, 3.8) is 0 Å². The zero-order valence-corrected chi connectivity index (χ0v) is 11.0. The molecular weight excluding hydrogens is 264 g/mol. The fourth-order valence-electron chi connectivity index (χ4n) is 1.16. The summed E-state index contributed by atoms with van der Waals surface area (Å²) in [5, 5.41) is 0. The Morgan fingerprint density at radius 3 is 2.59 bits per heavy atom. The summed E-state index contributed by atoms with van der Waals surface area (Å²) in [4.78, 5) is 11.2. The molecule has 0 radical (unpaired) electrons. The van der Waals surface area contributed by atoms with Gasteiger partial charge in [-0.25, -0.2) is 13.1 Å². The minimum absolute atomic E-state index is 0. The molecule has 7 heteroatoms. The number of Topliss-reactive ketones (excluding diaryl/α,β-unsaturated/α-hetero) is 1. The van der Waals surface area contributed by atoms with E-state index in [0.29, 0.717) is 5.56 Å². The van der Waals surface area contributed by atoms with Crippen LogP contribution in [-0.2, 0) is 10.0 Å². The number of ketones is 1. The lowest BCUT2D eigenvalue weighted by Crippen LogP contribution is -2.29. The summed E-state index contributed by atoms with van der Waals surface area (Å²) in [7, 11) is -3.56. The number of hydrogen-bond acceptors (Lipinski definition) is 4. The highest BCUT2D eigenvalue weighted by Gasteiger charge is 2.13. The molecule has 0 aliphatic rings. The van der Waals surface area contributed by atoms with Crippen molar-refractivity contribution in [2.24, 2.45) is 5.73 Å². The Labute approximate surface area is 107 Å². The average Bonchev–Trinajstić information content (AvgIpc) is 2.26. The Bertz CT molecular complexity index is 488. The van der Waals surface area contributed by atoms with E-state index in [1.54, 1.807) is 6.07 Å². The normalized spacial score (nSPS) is 10.7. The Hall–Kier alpha value is -0.950. The van der Waals surface area contributed by atoms with Gasteiger partial charge in [-0.2, -0.15) is 0 Å². The van der Waals surface area contributed by atoms with Crippen LogP contribution in [0.2, 0.25) is 0 Å². The number of benzene rings is 1. The van der Waals surface area contributed by atoms with Crippen molar-refractivity contribution in [2.45, 2.75) is 11.8 Å². The third kappa shape index (κ3) is 4.43. The number of nitrogens with one attached hydrogen (secondary N) is 1. The van der Waals surface area contributed by atoms with Crippen LogP contribution in [-0.4, -0.2) is 27.3 Å². The van der Waals surface area contributed by atoms with Gasteiger partial charge in [0.25, 0.3) is 0 Å². The van der Waals surface area contributed by atoms with Gasteiger partial charge in [-0.1, -0.05) is 12.1 Å². The number of nitrogens with two attached hydrogens (primary N) is 1. The highest BCUT2D eigenvalue weighted by molar-refractivity contribution is 7.89. The van der Waals surface area contributed by atoms with Gasteiger partial charge in [-0.05, 0) is 19.1 Å². The molecule has 0 saturated heterocycles. The van der Waals surface area contributed by atoms with Gasteiger partial charge >= 0.3 is 0 Å². The van der Waals surface area contributed by atoms with Gasteiger partial charge in [0.15, 0.2) is 5.78 Å². The summed E-state index contributed by atoms with van der Waals surface area (Å²) < 4.78 is 25.7. The van der Waals surface area contributed by atoms with Crippen LogP contribution in [0.25, 0.3) is 0 Å². The van der Waals surface area contributed by atoms with Crippen molar-refractivity contribution < 1.29 is 13.2 Å². The van der Waals surface area contributed by atoms with Crippen LogP contribution in [0.5, 0.6) is 0 Å². The van der Waals surface area contributed by atoms with Gasteiger partial charge in [0.2, 0.25) is 10.0 Å². The summed E-state index contributed by atoms with van der Waals surface area (Å²) in [6.45, 7) is 1.79. The number of rotatable bonds is 5. The molecule has 0 fully saturated rings. The molecule has 0 atom stereocenters. The van der Waals surface area contributed by atoms with E-state index in [2.05, 4.69) is 4.72 Å². The van der Waals surface area contributed by atoms with Gasteiger partial charge in [-0.3, -0.25) is 4.79 Å². The molecule has 1 aromatic carbocycles. The fourth-order valence-corrected chi connectivity index (χ4v) is 2.25. The third-order valence-corrected chi connectivity index (χ3v) is 3.45. The molecule has 0 saturated carbocycles. The molecule has 0 bridgehead atoms. The standard InChI is InChI=1S/C10H14N2O3S.ClH/c1-8(13)9-3-2-4-10(7-9)16(14,15)12-6-5-11;/h2-4,7,12H,5-6,11H2,1H3;1H. The first kappa shape index (κ1) is 16.1. The van der Waals surface area contributed by atoms with Gasteiger partial charge in [0, 0.05) is 18.7 Å². The van der Waals surface area contributed by atoms with Crippen molar-refractivity contribution in [2.75, 3.05) is 13.1 Å². The second-order valence-electron chi connectivity index (χ2n) is 3.27. The van der Waals surface area contributed by atoms with Gasteiger partial charge in [-0.15, -0.1) is 12.4 Å². The molecule has 5 nitrogen and oxygen atoms in total. The largest absolute Gasteiger partial charge is 0.329 e. The molecule has 0 unspecified atom stereocenters. The number of hydrogen-bond donors (Lipinski definition) is 2. The molecule has 0 aromatic heterocycles. The first-order valence-electron chi connectivity index (χ1n) is 4.78. The molecule has 0 spiro atoms. The third-order valence-electron chi connectivity index (χ3n) is 1.99. The first-order valence-corrected chi connectivity index (χ1v) is 6.26. The van der Waals surface area contributed by atoms with Crippen LogP contribution in [0.3, 0.4) is 0 Å². The van der Waals surface area contributed by atoms with E-state index >= 15 is 0 Å². The monoisotopic (exact) mass is 278 g/mol. The van der Waals surface area contributed by atoms with Crippen LogP contribution >= 0.6 is 12.4 Å². The van der Waals surface area contributed by atoms with Gasteiger partial charge < -0.3 is 5.73 Å². The maximum Gasteiger partial charge on any atom is 0.240 e. The van der Waals surface area contributed by atoms with E-state index in [4.69, 9.17) is 5.73 Å². The van der Waals surface area contributed by atoms with E-state index in [-0.39, 0.29) is 36.2 Å². The van der Waals surface area contributed by atoms with Gasteiger partial charge in [0.05, 0.1) is 4.90 Å². The van der Waals surface area contributed by atoms with Crippen molar-refractivity contribution in [1.29, 1.82) is 0 Å². The van der Waals surface area contributed by atoms with E-state index in [0.717, 1.165) is 0 Å². The highest BCUT2D eigenvalue weighted by Crippen LogP contribution is 2.11. The fraction of sp³-hybridized carbons (Fsp3) is 0.300. The average molecular weight is 279 g/mol. The van der Waals surface area contributed by atoms with E-state index in [9.17, 15) is 13.2 Å². The van der Waals surface area contributed by atoms with E-state index < -0.39 is 10.0 Å². The Morgan fingerprint density at radius 1 is 1.41 bits per heavy atom. The molecule has 3 N–H and O–H groups in total. The number of sulfonamides is 1. The van der Waals surface area contributed by atoms with E-state index in [1.807, 2.05) is 0 Å². The smallest absolute Gasteiger partial charge is 0.240 e. The van der Waals surface area contributed by atoms with Crippen LogP contribution in [0.1, 0.15) is 17.3 Å². The molecule has 1 rings (SSSR count). The molecular formula is C10H15ClN2O3S. The molecule has 96 valence electrons. The topological polar surface area (TPSA) is 89.3 Å². The zero-order chi connectivity index (χ0) is 12.2. The van der Waals surface area contributed by atoms with Crippen LogP contribution in [0, 0.1) is 0 Å². The quantitative estimate of drug-likeness (QED) is 0.770. The number of carbonyl (C=O) groups is 1. The predicted octanol–water partition coefficient (Wildman–Crippen LogP) is 0.548. The SMILES string of the molecule is CC(=O)c1cccc(S(=O)(=O)NCCN)c1.Cl. The number of carbonyl (C=O) groups excluding carboxylic acids is 1. The summed E-state index contributed by atoms with van der Waals surface area (Å²) in [6.07, 6.45) is 0. The summed E-state index contributed by atoms with van der Waals surface area (Å²) in [5.41, 5.74) is 5.58. The Morgan fingerprint density at radius 2 is 2.06 bits per heavy atom. The lowest BCUT2D eigenvalue weighted by molar-refractivity contribution is 0.101. The second kappa shape index (κ2) is 6.70. The predicted molar refractivity (Wildman–Crippen MR) is 67.9 cm³/mol. The lowest BCUT2D eigenvalue weighted by Gasteiger charge is -2.06. The minimum Gasteiger partial charge on any atom is -0.329 e.